The van der Waals surface area contributed by atoms with Crippen LogP contribution in [0.2, 0.25) is 0 Å². The van der Waals surface area contributed by atoms with Gasteiger partial charge in [0.25, 0.3) is 0 Å². The summed E-state index contributed by atoms with van der Waals surface area (Å²) in [7, 11) is 2.00. The molecule has 0 unspecified atom stereocenters. The SMILES string of the molecule is CNC1CCN(C(=O)CSc2ccc(C(C)(C)C)cc2)CC1.Cl. The van der Waals surface area contributed by atoms with Gasteiger partial charge in [-0.2, -0.15) is 0 Å². The van der Waals surface area contributed by atoms with E-state index in [0.29, 0.717) is 11.8 Å². The van der Waals surface area contributed by atoms with E-state index in [9.17, 15) is 4.79 Å². The van der Waals surface area contributed by atoms with E-state index in [4.69, 9.17) is 0 Å². The van der Waals surface area contributed by atoms with E-state index in [1.807, 2.05) is 11.9 Å². The van der Waals surface area contributed by atoms with Gasteiger partial charge in [0.1, 0.15) is 0 Å². The van der Waals surface area contributed by atoms with Gasteiger partial charge in [0.15, 0.2) is 0 Å². The minimum absolute atomic E-state index is 0. The van der Waals surface area contributed by atoms with Gasteiger partial charge < -0.3 is 10.2 Å². The molecule has 0 bridgehead atoms. The number of carbonyl (C=O) groups is 1. The molecule has 1 amide bonds. The van der Waals surface area contributed by atoms with Gasteiger partial charge in [-0.3, -0.25) is 4.79 Å². The van der Waals surface area contributed by atoms with E-state index < -0.39 is 0 Å². The van der Waals surface area contributed by atoms with Crippen LogP contribution in [0.3, 0.4) is 0 Å². The van der Waals surface area contributed by atoms with E-state index in [1.165, 1.54) is 10.5 Å². The van der Waals surface area contributed by atoms with E-state index >= 15 is 0 Å². The average molecular weight is 357 g/mol. The highest BCUT2D eigenvalue weighted by atomic mass is 35.5. The molecule has 0 spiro atoms. The zero-order valence-electron chi connectivity index (χ0n) is 14.6. The molecule has 0 radical (unpaired) electrons. The Hall–Kier alpha value is -0.710. The second kappa shape index (κ2) is 8.95. The van der Waals surface area contributed by atoms with Gasteiger partial charge in [0.2, 0.25) is 5.91 Å². The number of rotatable bonds is 4. The molecule has 1 N–H and O–H groups in total. The normalized spacial score (nSPS) is 16.1. The van der Waals surface area contributed by atoms with E-state index in [1.54, 1.807) is 11.8 Å². The Balaban J connectivity index is 0.00000264. The number of benzene rings is 1. The molecule has 23 heavy (non-hydrogen) atoms. The van der Waals surface area contributed by atoms with Crippen LogP contribution in [0.1, 0.15) is 39.2 Å². The number of amides is 1. The molecule has 1 fully saturated rings. The topological polar surface area (TPSA) is 32.3 Å². The van der Waals surface area contributed by atoms with Crippen molar-refractivity contribution in [3.8, 4) is 0 Å². The zero-order valence-corrected chi connectivity index (χ0v) is 16.2. The highest BCUT2D eigenvalue weighted by molar-refractivity contribution is 8.00. The van der Waals surface area contributed by atoms with Crippen LogP contribution in [0.15, 0.2) is 29.2 Å². The maximum Gasteiger partial charge on any atom is 0.232 e. The van der Waals surface area contributed by atoms with Crippen molar-refractivity contribution in [1.82, 2.24) is 10.2 Å². The van der Waals surface area contributed by atoms with Crippen molar-refractivity contribution in [1.29, 1.82) is 0 Å². The summed E-state index contributed by atoms with van der Waals surface area (Å²) >= 11 is 1.64. The number of carbonyl (C=O) groups excluding carboxylic acids is 1. The lowest BCUT2D eigenvalue weighted by molar-refractivity contribution is -0.129. The quantitative estimate of drug-likeness (QED) is 0.835. The molecule has 2 rings (SSSR count). The average Bonchev–Trinajstić information content (AvgIpc) is 2.52. The molecule has 1 saturated heterocycles. The van der Waals surface area contributed by atoms with Crippen LogP contribution in [-0.4, -0.2) is 42.7 Å². The zero-order chi connectivity index (χ0) is 16.2. The fourth-order valence-electron chi connectivity index (χ4n) is 2.71. The summed E-state index contributed by atoms with van der Waals surface area (Å²) in [4.78, 5) is 15.5. The summed E-state index contributed by atoms with van der Waals surface area (Å²) in [5, 5.41) is 3.30. The standard InChI is InChI=1S/C18H28N2OS.ClH/c1-18(2,3)14-5-7-16(8-6-14)22-13-17(21)20-11-9-15(19-4)10-12-20;/h5-8,15,19H,9-13H2,1-4H3;1H. The van der Waals surface area contributed by atoms with E-state index in [2.05, 4.69) is 50.4 Å². The minimum Gasteiger partial charge on any atom is -0.342 e. The third-order valence-electron chi connectivity index (χ3n) is 4.34. The summed E-state index contributed by atoms with van der Waals surface area (Å²) in [5.74, 6) is 0.804. The lowest BCUT2D eigenvalue weighted by atomic mass is 9.87. The first-order valence-electron chi connectivity index (χ1n) is 8.08. The van der Waals surface area contributed by atoms with Crippen molar-refractivity contribution >= 4 is 30.1 Å². The van der Waals surface area contributed by atoms with Crippen LogP contribution in [0, 0.1) is 0 Å². The second-order valence-electron chi connectivity index (χ2n) is 7.01. The van der Waals surface area contributed by atoms with Gasteiger partial charge in [-0.15, -0.1) is 24.2 Å². The molecule has 1 aliphatic rings. The van der Waals surface area contributed by atoms with Crippen molar-refractivity contribution in [3.05, 3.63) is 29.8 Å². The Morgan fingerprint density at radius 2 is 1.78 bits per heavy atom. The monoisotopic (exact) mass is 356 g/mol. The lowest BCUT2D eigenvalue weighted by Gasteiger charge is -2.31. The Labute approximate surface area is 151 Å². The molecule has 5 heteroatoms. The molecule has 1 aromatic carbocycles. The van der Waals surface area contributed by atoms with Crippen LogP contribution in [0.4, 0.5) is 0 Å². The van der Waals surface area contributed by atoms with Crippen molar-refractivity contribution in [2.45, 2.75) is 50.0 Å². The maximum absolute atomic E-state index is 12.3. The fourth-order valence-corrected chi connectivity index (χ4v) is 3.51. The molecule has 3 nitrogen and oxygen atoms in total. The molecular weight excluding hydrogens is 328 g/mol. The van der Waals surface area contributed by atoms with Gasteiger partial charge in [-0.25, -0.2) is 0 Å². The Morgan fingerprint density at radius 3 is 2.26 bits per heavy atom. The molecule has 0 atom stereocenters. The molecule has 0 aromatic heterocycles. The summed E-state index contributed by atoms with van der Waals surface area (Å²) in [6, 6.07) is 9.18. The molecule has 1 aliphatic heterocycles. The molecule has 0 aliphatic carbocycles. The largest absolute Gasteiger partial charge is 0.342 e. The second-order valence-corrected chi connectivity index (χ2v) is 8.06. The summed E-state index contributed by atoms with van der Waals surface area (Å²) < 4.78 is 0. The number of thioether (sulfide) groups is 1. The fraction of sp³-hybridized carbons (Fsp3) is 0.611. The first-order valence-corrected chi connectivity index (χ1v) is 9.07. The van der Waals surface area contributed by atoms with Gasteiger partial charge in [0.05, 0.1) is 5.75 Å². The lowest BCUT2D eigenvalue weighted by Crippen LogP contribution is -2.44. The van der Waals surface area contributed by atoms with Gasteiger partial charge >= 0.3 is 0 Å². The van der Waals surface area contributed by atoms with Crippen LogP contribution in [0.25, 0.3) is 0 Å². The summed E-state index contributed by atoms with van der Waals surface area (Å²) in [5.41, 5.74) is 1.51. The summed E-state index contributed by atoms with van der Waals surface area (Å²) in [6.45, 7) is 8.41. The maximum atomic E-state index is 12.3. The highest BCUT2D eigenvalue weighted by Crippen LogP contribution is 2.26. The number of nitrogens with zero attached hydrogens (tertiary/aromatic N) is 1. The smallest absolute Gasteiger partial charge is 0.232 e. The van der Waals surface area contributed by atoms with Gasteiger partial charge in [0, 0.05) is 24.0 Å². The highest BCUT2D eigenvalue weighted by Gasteiger charge is 2.21. The third-order valence-corrected chi connectivity index (χ3v) is 5.34. The minimum atomic E-state index is 0. The number of piperidine rings is 1. The Bertz CT molecular complexity index is 491. The van der Waals surface area contributed by atoms with E-state index in [-0.39, 0.29) is 23.7 Å². The predicted molar refractivity (Wildman–Crippen MR) is 102 cm³/mol. The third kappa shape index (κ3) is 6.02. The number of halogens is 1. The number of nitrogens with one attached hydrogen (secondary N) is 1. The van der Waals surface area contributed by atoms with Gasteiger partial charge in [-0.1, -0.05) is 32.9 Å². The van der Waals surface area contributed by atoms with Crippen molar-refractivity contribution < 1.29 is 4.79 Å². The number of hydrogen-bond donors (Lipinski definition) is 1. The first-order chi connectivity index (χ1) is 10.4. The van der Waals surface area contributed by atoms with Crippen molar-refractivity contribution in [2.24, 2.45) is 0 Å². The van der Waals surface area contributed by atoms with Crippen LogP contribution >= 0.6 is 24.2 Å². The molecular formula is C18H29ClN2OS. The van der Waals surface area contributed by atoms with Crippen LogP contribution < -0.4 is 5.32 Å². The molecule has 130 valence electrons. The molecule has 0 saturated carbocycles. The van der Waals surface area contributed by atoms with E-state index in [0.717, 1.165) is 25.9 Å². The van der Waals surface area contributed by atoms with Crippen molar-refractivity contribution in [2.75, 3.05) is 25.9 Å². The number of likely N-dealkylation sites (tertiary alicyclic amines) is 1. The molecule has 1 heterocycles. The van der Waals surface area contributed by atoms with Crippen LogP contribution in [-0.2, 0) is 10.2 Å². The predicted octanol–water partition coefficient (Wildman–Crippen LogP) is 3.71. The van der Waals surface area contributed by atoms with Gasteiger partial charge in [-0.05, 0) is 43.0 Å². The Kier molecular flexibility index (Phi) is 7.91. The van der Waals surface area contributed by atoms with Crippen molar-refractivity contribution in [3.63, 3.8) is 0 Å². The first kappa shape index (κ1) is 20.3. The van der Waals surface area contributed by atoms with Crippen LogP contribution in [0.5, 0.6) is 0 Å². The summed E-state index contributed by atoms with van der Waals surface area (Å²) in [6.07, 6.45) is 2.13. The molecule has 1 aromatic rings. The Morgan fingerprint density at radius 1 is 1.22 bits per heavy atom. The number of hydrogen-bond acceptors (Lipinski definition) is 3.